The molecule has 1 aliphatic heterocycles. The number of ether oxygens (including phenoxy) is 1. The van der Waals surface area contributed by atoms with Crippen LogP contribution in [-0.4, -0.2) is 12.2 Å². The molecule has 0 bridgehead atoms. The van der Waals surface area contributed by atoms with Crippen molar-refractivity contribution in [2.75, 3.05) is 6.26 Å². The van der Waals surface area contributed by atoms with Gasteiger partial charge in [0, 0.05) is 12.3 Å². The summed E-state index contributed by atoms with van der Waals surface area (Å²) in [5, 5.41) is 12.9. The van der Waals surface area contributed by atoms with E-state index >= 15 is 0 Å². The number of amides is 1. The molecule has 3 rings (SSSR count). The van der Waals surface area contributed by atoms with Crippen LogP contribution in [0.3, 0.4) is 0 Å². The number of nitrogens with one attached hydrogen (secondary N) is 1. The first-order valence-corrected chi connectivity index (χ1v) is 8.74. The Morgan fingerprint density at radius 2 is 1.92 bits per heavy atom. The summed E-state index contributed by atoms with van der Waals surface area (Å²) < 4.78 is 5.85. The zero-order valence-electron chi connectivity index (χ0n) is 13.2. The minimum Gasteiger partial charge on any atom is -0.457 e. The van der Waals surface area contributed by atoms with Gasteiger partial charge < -0.3 is 10.1 Å². The molecule has 120 valence electrons. The summed E-state index contributed by atoms with van der Waals surface area (Å²) in [5.41, 5.74) is 1.50. The minimum absolute atomic E-state index is 0.0715. The Morgan fingerprint density at radius 1 is 1.17 bits per heavy atom. The van der Waals surface area contributed by atoms with Crippen LogP contribution < -0.4 is 10.1 Å². The molecule has 0 aromatic heterocycles. The van der Waals surface area contributed by atoms with E-state index in [2.05, 4.69) is 11.4 Å². The maximum Gasteiger partial charge on any atom is 0.225 e. The normalized spacial score (nSPS) is 17.2. The fourth-order valence-corrected chi connectivity index (χ4v) is 3.31. The zero-order valence-corrected chi connectivity index (χ0v) is 14.0. The molecule has 1 aliphatic rings. The Kier molecular flexibility index (Phi) is 4.88. The number of carbonyl (C=O) groups excluding carboxylic acids is 1. The molecule has 0 fully saturated rings. The highest BCUT2D eigenvalue weighted by Gasteiger charge is 2.29. The predicted molar refractivity (Wildman–Crippen MR) is 94.6 cm³/mol. The van der Waals surface area contributed by atoms with E-state index in [1.807, 2.05) is 60.9 Å². The Bertz CT molecular complexity index is 825. The van der Waals surface area contributed by atoms with Crippen molar-refractivity contribution in [3.8, 4) is 17.6 Å². The molecule has 24 heavy (non-hydrogen) atoms. The van der Waals surface area contributed by atoms with Gasteiger partial charge in [0.2, 0.25) is 5.91 Å². The molecule has 1 atom stereocenters. The second kappa shape index (κ2) is 7.24. The van der Waals surface area contributed by atoms with E-state index in [0.717, 1.165) is 11.3 Å². The molecule has 1 amide bonds. The number of allylic oxidation sites excluding steroid dienone is 1. The van der Waals surface area contributed by atoms with Crippen molar-refractivity contribution >= 4 is 17.7 Å². The SMILES string of the molecule is CSC1=C(C#N)[C@H](c2cccc(Oc3ccccc3)c2)CC(=O)N1. The van der Waals surface area contributed by atoms with Crippen molar-refractivity contribution in [2.45, 2.75) is 12.3 Å². The highest BCUT2D eigenvalue weighted by molar-refractivity contribution is 8.02. The van der Waals surface area contributed by atoms with Crippen LogP contribution in [-0.2, 0) is 4.79 Å². The average Bonchev–Trinajstić information content (AvgIpc) is 2.62. The van der Waals surface area contributed by atoms with Crippen molar-refractivity contribution < 1.29 is 9.53 Å². The third-order valence-electron chi connectivity index (χ3n) is 3.80. The number of thioether (sulfide) groups is 1. The minimum atomic E-state index is -0.245. The van der Waals surface area contributed by atoms with Crippen molar-refractivity contribution in [1.29, 1.82) is 5.26 Å². The molecule has 4 nitrogen and oxygen atoms in total. The highest BCUT2D eigenvalue weighted by Crippen LogP contribution is 2.36. The summed E-state index contributed by atoms with van der Waals surface area (Å²) in [6.07, 6.45) is 2.12. The largest absolute Gasteiger partial charge is 0.457 e. The molecule has 0 saturated heterocycles. The fourth-order valence-electron chi connectivity index (χ4n) is 2.68. The first-order chi connectivity index (χ1) is 11.7. The lowest BCUT2D eigenvalue weighted by Gasteiger charge is -2.24. The van der Waals surface area contributed by atoms with Crippen molar-refractivity contribution in [3.63, 3.8) is 0 Å². The Balaban J connectivity index is 1.93. The smallest absolute Gasteiger partial charge is 0.225 e. The number of carbonyl (C=O) groups is 1. The third-order valence-corrected chi connectivity index (χ3v) is 4.53. The fraction of sp³-hybridized carbons (Fsp3) is 0.158. The van der Waals surface area contributed by atoms with Gasteiger partial charge in [0.15, 0.2) is 0 Å². The van der Waals surface area contributed by atoms with Gasteiger partial charge in [-0.2, -0.15) is 5.26 Å². The van der Waals surface area contributed by atoms with E-state index in [4.69, 9.17) is 4.74 Å². The monoisotopic (exact) mass is 336 g/mol. The lowest BCUT2D eigenvalue weighted by molar-refractivity contribution is -0.120. The Labute approximate surface area is 145 Å². The van der Waals surface area contributed by atoms with Crippen LogP contribution in [0.25, 0.3) is 0 Å². The topological polar surface area (TPSA) is 62.1 Å². The van der Waals surface area contributed by atoms with Crippen LogP contribution >= 0.6 is 11.8 Å². The van der Waals surface area contributed by atoms with Crippen LogP contribution in [0.5, 0.6) is 11.5 Å². The highest BCUT2D eigenvalue weighted by atomic mass is 32.2. The first kappa shape index (κ1) is 16.2. The molecule has 2 aromatic rings. The molecule has 0 unspecified atom stereocenters. The molecule has 1 heterocycles. The van der Waals surface area contributed by atoms with Crippen molar-refractivity contribution in [2.24, 2.45) is 0 Å². The van der Waals surface area contributed by atoms with Crippen LogP contribution in [0.4, 0.5) is 0 Å². The van der Waals surface area contributed by atoms with Crippen molar-refractivity contribution in [3.05, 3.63) is 70.8 Å². The predicted octanol–water partition coefficient (Wildman–Crippen LogP) is 4.18. The van der Waals surface area contributed by atoms with Gasteiger partial charge in [-0.15, -0.1) is 11.8 Å². The quantitative estimate of drug-likeness (QED) is 0.910. The average molecular weight is 336 g/mol. The second-order valence-electron chi connectivity index (χ2n) is 5.35. The first-order valence-electron chi connectivity index (χ1n) is 7.52. The Morgan fingerprint density at radius 3 is 2.62 bits per heavy atom. The van der Waals surface area contributed by atoms with Gasteiger partial charge in [-0.25, -0.2) is 0 Å². The van der Waals surface area contributed by atoms with Gasteiger partial charge in [0.25, 0.3) is 0 Å². The molecule has 0 aliphatic carbocycles. The number of benzene rings is 2. The number of para-hydroxylation sites is 1. The van der Waals surface area contributed by atoms with E-state index in [0.29, 0.717) is 16.4 Å². The molecule has 0 radical (unpaired) electrons. The molecular formula is C19H16N2O2S. The standard InChI is InChI=1S/C19H16N2O2S/c1-24-19-17(12-20)16(11-18(22)21-19)13-6-5-9-15(10-13)23-14-7-3-2-4-8-14/h2-10,16H,11H2,1H3,(H,21,22)/t16-/m0/s1. The van der Waals surface area contributed by atoms with Crippen LogP contribution in [0.15, 0.2) is 65.2 Å². The maximum absolute atomic E-state index is 12.0. The number of rotatable bonds is 4. The van der Waals surface area contributed by atoms with Gasteiger partial charge >= 0.3 is 0 Å². The number of hydrogen-bond donors (Lipinski definition) is 1. The van der Waals surface area contributed by atoms with Crippen LogP contribution in [0.2, 0.25) is 0 Å². The van der Waals surface area contributed by atoms with E-state index in [1.54, 1.807) is 0 Å². The number of nitrogens with zero attached hydrogens (tertiary/aromatic N) is 1. The summed E-state index contributed by atoms with van der Waals surface area (Å²) in [4.78, 5) is 12.0. The molecule has 1 N–H and O–H groups in total. The molecular weight excluding hydrogens is 320 g/mol. The molecule has 0 spiro atoms. The van der Waals surface area contributed by atoms with Gasteiger partial charge in [0.05, 0.1) is 16.7 Å². The van der Waals surface area contributed by atoms with E-state index in [9.17, 15) is 10.1 Å². The maximum atomic E-state index is 12.0. The van der Waals surface area contributed by atoms with Crippen molar-refractivity contribution in [1.82, 2.24) is 5.32 Å². The lowest BCUT2D eigenvalue weighted by atomic mass is 9.87. The van der Waals surface area contributed by atoms with Gasteiger partial charge in [-0.3, -0.25) is 4.79 Å². The number of nitriles is 1. The molecule has 0 saturated carbocycles. The number of hydrogen-bond acceptors (Lipinski definition) is 4. The van der Waals surface area contributed by atoms with E-state index in [-0.39, 0.29) is 18.2 Å². The van der Waals surface area contributed by atoms with E-state index in [1.165, 1.54) is 11.8 Å². The molecule has 5 heteroatoms. The van der Waals surface area contributed by atoms with Gasteiger partial charge in [-0.05, 0) is 36.1 Å². The lowest BCUT2D eigenvalue weighted by Crippen LogP contribution is -2.30. The summed E-state index contributed by atoms with van der Waals surface area (Å²) in [5.74, 6) is 1.12. The van der Waals surface area contributed by atoms with E-state index < -0.39 is 0 Å². The van der Waals surface area contributed by atoms with Crippen LogP contribution in [0.1, 0.15) is 17.9 Å². The van der Waals surface area contributed by atoms with Gasteiger partial charge in [0.1, 0.15) is 11.5 Å². The Hall–Kier alpha value is -2.71. The second-order valence-corrected chi connectivity index (χ2v) is 6.17. The molecule has 2 aromatic carbocycles. The third kappa shape index (κ3) is 3.44. The summed E-state index contributed by atoms with van der Waals surface area (Å²) in [7, 11) is 0. The summed E-state index contributed by atoms with van der Waals surface area (Å²) >= 11 is 1.38. The van der Waals surface area contributed by atoms with Gasteiger partial charge in [-0.1, -0.05) is 30.3 Å². The summed E-state index contributed by atoms with van der Waals surface area (Å²) in [6, 6.07) is 19.3. The summed E-state index contributed by atoms with van der Waals surface area (Å²) in [6.45, 7) is 0. The zero-order chi connectivity index (χ0) is 16.9. The van der Waals surface area contributed by atoms with Crippen LogP contribution in [0, 0.1) is 11.3 Å².